The van der Waals surface area contributed by atoms with Crippen molar-refractivity contribution in [2.24, 2.45) is 0 Å². The molecule has 4 rings (SSSR count). The minimum atomic E-state index is -0.338. The number of thiophene rings is 1. The average Bonchev–Trinajstić information content (AvgIpc) is 3.16. The van der Waals surface area contributed by atoms with Gasteiger partial charge in [-0.2, -0.15) is 0 Å². The third kappa shape index (κ3) is 2.45. The molecule has 0 spiro atoms. The third-order valence-corrected chi connectivity index (χ3v) is 4.97. The molecule has 1 saturated heterocycles. The van der Waals surface area contributed by atoms with Crippen LogP contribution in [0, 0.1) is 6.92 Å². The fourth-order valence-corrected chi connectivity index (χ4v) is 3.66. The maximum absolute atomic E-state index is 12.3. The predicted octanol–water partition coefficient (Wildman–Crippen LogP) is 3.57. The van der Waals surface area contributed by atoms with Gasteiger partial charge in [-0.3, -0.25) is 4.90 Å². The van der Waals surface area contributed by atoms with Gasteiger partial charge in [0.25, 0.3) is 0 Å². The van der Waals surface area contributed by atoms with Crippen molar-refractivity contribution in [1.29, 1.82) is 0 Å². The number of amides is 1. The Kier molecular flexibility index (Phi) is 3.46. The molecule has 5 nitrogen and oxygen atoms in total. The average molecular weight is 325 g/mol. The Morgan fingerprint density at radius 3 is 3.04 bits per heavy atom. The number of aromatic nitrogens is 2. The van der Waals surface area contributed by atoms with Gasteiger partial charge in [-0.15, -0.1) is 11.3 Å². The molecular formula is C17H15N3O2S. The number of carbonyl (C=O) groups is 1. The van der Waals surface area contributed by atoms with E-state index in [-0.39, 0.29) is 12.1 Å². The van der Waals surface area contributed by atoms with Gasteiger partial charge in [0.05, 0.1) is 11.4 Å². The van der Waals surface area contributed by atoms with Crippen molar-refractivity contribution in [1.82, 2.24) is 9.97 Å². The van der Waals surface area contributed by atoms with E-state index in [9.17, 15) is 4.79 Å². The summed E-state index contributed by atoms with van der Waals surface area (Å²) in [5.41, 5.74) is 2.44. The Bertz CT molecular complexity index is 877. The van der Waals surface area contributed by atoms with E-state index in [1.54, 1.807) is 4.90 Å². The summed E-state index contributed by atoms with van der Waals surface area (Å²) in [6.45, 7) is 2.46. The van der Waals surface area contributed by atoms with E-state index in [4.69, 9.17) is 4.74 Å². The van der Waals surface area contributed by atoms with Gasteiger partial charge >= 0.3 is 6.09 Å². The maximum atomic E-state index is 12.3. The number of cyclic esters (lactones) is 1. The molecule has 0 N–H and O–H groups in total. The van der Waals surface area contributed by atoms with Crippen LogP contribution in [0.4, 0.5) is 10.6 Å². The molecule has 23 heavy (non-hydrogen) atoms. The van der Waals surface area contributed by atoms with Gasteiger partial charge in [0.15, 0.2) is 5.82 Å². The molecule has 0 aliphatic carbocycles. The summed E-state index contributed by atoms with van der Waals surface area (Å²) < 4.78 is 5.30. The monoisotopic (exact) mass is 325 g/mol. The zero-order valence-corrected chi connectivity index (χ0v) is 13.4. The smallest absolute Gasteiger partial charge is 0.415 e. The van der Waals surface area contributed by atoms with Crippen LogP contribution in [-0.4, -0.2) is 28.7 Å². The number of hydrogen-bond donors (Lipinski definition) is 0. The number of rotatable bonds is 3. The summed E-state index contributed by atoms with van der Waals surface area (Å²) in [5.74, 6) is 0.636. The zero-order chi connectivity index (χ0) is 15.8. The van der Waals surface area contributed by atoms with Crippen molar-refractivity contribution in [3.05, 3.63) is 53.2 Å². The van der Waals surface area contributed by atoms with E-state index in [0.29, 0.717) is 12.4 Å². The Morgan fingerprint density at radius 2 is 2.17 bits per heavy atom. The largest absolute Gasteiger partial charge is 0.447 e. The summed E-state index contributed by atoms with van der Waals surface area (Å²) in [7, 11) is 0. The standard InChI is InChI=1S/C17H15N3O2S/c1-11-4-2-3-5-12(11)8-13-9-22-17(21)20(13)15-14-6-7-23-16(14)19-10-18-15/h2-7,10,13H,8-9H2,1H3. The highest BCUT2D eigenvalue weighted by molar-refractivity contribution is 7.16. The van der Waals surface area contributed by atoms with Gasteiger partial charge < -0.3 is 4.74 Å². The van der Waals surface area contributed by atoms with Crippen LogP contribution in [0.25, 0.3) is 10.2 Å². The lowest BCUT2D eigenvalue weighted by atomic mass is 10.0. The lowest BCUT2D eigenvalue weighted by molar-refractivity contribution is 0.178. The number of anilines is 1. The highest BCUT2D eigenvalue weighted by Crippen LogP contribution is 2.31. The molecule has 1 aliphatic rings. The summed E-state index contributed by atoms with van der Waals surface area (Å²) >= 11 is 1.54. The SMILES string of the molecule is Cc1ccccc1CC1COC(=O)N1c1ncnc2sccc12. The molecule has 1 aromatic carbocycles. The van der Waals surface area contributed by atoms with Crippen LogP contribution >= 0.6 is 11.3 Å². The molecule has 3 aromatic rings. The zero-order valence-electron chi connectivity index (χ0n) is 12.6. The molecule has 0 saturated carbocycles. The first-order valence-corrected chi connectivity index (χ1v) is 8.30. The minimum Gasteiger partial charge on any atom is -0.447 e. The van der Waals surface area contributed by atoms with Crippen LogP contribution in [0.3, 0.4) is 0 Å². The molecule has 1 amide bonds. The van der Waals surface area contributed by atoms with Gasteiger partial charge in [0.1, 0.15) is 17.8 Å². The Morgan fingerprint density at radius 1 is 1.30 bits per heavy atom. The van der Waals surface area contributed by atoms with Crippen LogP contribution in [-0.2, 0) is 11.2 Å². The molecule has 116 valence electrons. The Hall–Kier alpha value is -2.47. The summed E-state index contributed by atoms with van der Waals surface area (Å²) in [4.78, 5) is 23.4. The van der Waals surface area contributed by atoms with Crippen LogP contribution in [0.5, 0.6) is 0 Å². The number of carbonyl (C=O) groups excluding carboxylic acids is 1. The van der Waals surface area contributed by atoms with Crippen LogP contribution in [0.2, 0.25) is 0 Å². The van der Waals surface area contributed by atoms with Crippen molar-refractivity contribution in [3.8, 4) is 0 Å². The van der Waals surface area contributed by atoms with E-state index < -0.39 is 0 Å². The first-order chi connectivity index (χ1) is 11.2. The van der Waals surface area contributed by atoms with E-state index in [1.807, 2.05) is 23.6 Å². The van der Waals surface area contributed by atoms with Crippen molar-refractivity contribution in [3.63, 3.8) is 0 Å². The molecule has 0 bridgehead atoms. The number of hydrogen-bond acceptors (Lipinski definition) is 5. The van der Waals surface area contributed by atoms with Crippen molar-refractivity contribution in [2.45, 2.75) is 19.4 Å². The molecule has 1 fully saturated rings. The molecule has 0 radical (unpaired) electrons. The second kappa shape index (κ2) is 5.62. The topological polar surface area (TPSA) is 55.3 Å². The van der Waals surface area contributed by atoms with E-state index >= 15 is 0 Å². The van der Waals surface area contributed by atoms with Crippen molar-refractivity contribution < 1.29 is 9.53 Å². The number of benzene rings is 1. The maximum Gasteiger partial charge on any atom is 0.415 e. The molecule has 2 aromatic heterocycles. The summed E-state index contributed by atoms with van der Waals surface area (Å²) in [5, 5.41) is 2.85. The van der Waals surface area contributed by atoms with Crippen molar-refractivity contribution in [2.75, 3.05) is 11.5 Å². The normalized spacial score (nSPS) is 17.7. The number of ether oxygens (including phenoxy) is 1. The summed E-state index contributed by atoms with van der Waals surface area (Å²) in [6, 6.07) is 10.1. The van der Waals surface area contributed by atoms with Gasteiger partial charge in [-0.05, 0) is 35.9 Å². The van der Waals surface area contributed by atoms with Crippen LogP contribution < -0.4 is 4.90 Å². The molecule has 1 aliphatic heterocycles. The fraction of sp³-hybridized carbons (Fsp3) is 0.235. The minimum absolute atomic E-state index is 0.0541. The van der Waals surface area contributed by atoms with Crippen molar-refractivity contribution >= 4 is 33.5 Å². The highest BCUT2D eigenvalue weighted by Gasteiger charge is 2.36. The van der Waals surface area contributed by atoms with E-state index in [2.05, 4.69) is 29.0 Å². The van der Waals surface area contributed by atoms with E-state index in [0.717, 1.165) is 16.6 Å². The molecule has 1 unspecified atom stereocenters. The number of fused-ring (bicyclic) bond motifs is 1. The second-order valence-corrected chi connectivity index (χ2v) is 6.46. The molecule has 6 heteroatoms. The van der Waals surface area contributed by atoms with E-state index in [1.165, 1.54) is 28.8 Å². The van der Waals surface area contributed by atoms with Gasteiger partial charge in [0.2, 0.25) is 0 Å². The summed E-state index contributed by atoms with van der Waals surface area (Å²) in [6.07, 6.45) is 1.91. The lowest BCUT2D eigenvalue weighted by Gasteiger charge is -2.21. The number of aryl methyl sites for hydroxylation is 1. The predicted molar refractivity (Wildman–Crippen MR) is 89.9 cm³/mol. The highest BCUT2D eigenvalue weighted by atomic mass is 32.1. The molecule has 1 atom stereocenters. The molecular weight excluding hydrogens is 310 g/mol. The van der Waals surface area contributed by atoms with Gasteiger partial charge in [0, 0.05) is 0 Å². The van der Waals surface area contributed by atoms with Gasteiger partial charge in [-0.1, -0.05) is 24.3 Å². The fourth-order valence-electron chi connectivity index (χ4n) is 2.93. The first kappa shape index (κ1) is 14.1. The van der Waals surface area contributed by atoms with Crippen LogP contribution in [0.15, 0.2) is 42.0 Å². The third-order valence-electron chi connectivity index (χ3n) is 4.15. The number of nitrogens with zero attached hydrogens (tertiary/aromatic N) is 3. The lowest BCUT2D eigenvalue weighted by Crippen LogP contribution is -2.36. The Balaban J connectivity index is 1.72. The second-order valence-electron chi connectivity index (χ2n) is 5.57. The Labute approximate surface area is 137 Å². The molecule has 3 heterocycles. The van der Waals surface area contributed by atoms with Gasteiger partial charge in [-0.25, -0.2) is 14.8 Å². The first-order valence-electron chi connectivity index (χ1n) is 7.43. The quantitative estimate of drug-likeness (QED) is 0.739. The van der Waals surface area contributed by atoms with Crippen LogP contribution in [0.1, 0.15) is 11.1 Å².